The van der Waals surface area contributed by atoms with Crippen LogP contribution in [0, 0.1) is 0 Å². The average Bonchev–Trinajstić information content (AvgIpc) is 2.59. The van der Waals surface area contributed by atoms with E-state index < -0.39 is 17.8 Å². The van der Waals surface area contributed by atoms with Crippen molar-refractivity contribution in [3.05, 3.63) is 23.7 Å². The van der Waals surface area contributed by atoms with Gasteiger partial charge in [0.25, 0.3) is 0 Å². The zero-order chi connectivity index (χ0) is 11.0. The molecule has 0 aromatic carbocycles. The first-order valence-corrected chi connectivity index (χ1v) is 3.81. The smallest absolute Gasteiger partial charge is 0.392 e. The number of fused-ring (bicyclic) bond motifs is 1. The largest absolute Gasteiger partial charge is 0.478 e. The Morgan fingerprint density at radius 1 is 1.27 bits per heavy atom. The third kappa shape index (κ3) is 1.50. The van der Waals surface area contributed by atoms with Gasteiger partial charge in [0.1, 0.15) is 0 Å². The normalized spacial score (nSPS) is 10.4. The van der Waals surface area contributed by atoms with Crippen molar-refractivity contribution in [3.63, 3.8) is 0 Å². The maximum Gasteiger partial charge on any atom is 0.392 e. The van der Waals surface area contributed by atoms with E-state index in [9.17, 15) is 9.59 Å². The highest BCUT2D eigenvalue weighted by Crippen LogP contribution is 2.14. The molecule has 0 saturated heterocycles. The summed E-state index contributed by atoms with van der Waals surface area (Å²) in [5.41, 5.74) is 0.0142. The lowest BCUT2D eigenvalue weighted by molar-refractivity contribution is 0.0654. The van der Waals surface area contributed by atoms with Crippen LogP contribution >= 0.6 is 0 Å². The van der Waals surface area contributed by atoms with E-state index in [0.717, 1.165) is 6.20 Å². The molecule has 0 amide bonds. The van der Waals surface area contributed by atoms with Gasteiger partial charge in [-0.05, 0) is 0 Å². The minimum atomic E-state index is -1.33. The number of aromatic nitrogens is 2. The Labute approximate surface area is 82.0 Å². The lowest BCUT2D eigenvalue weighted by Gasteiger charge is -1.90. The molecular weight excluding hydrogens is 204 g/mol. The van der Waals surface area contributed by atoms with Crippen molar-refractivity contribution in [2.75, 3.05) is 0 Å². The van der Waals surface area contributed by atoms with Gasteiger partial charge in [0.2, 0.25) is 0 Å². The summed E-state index contributed by atoms with van der Waals surface area (Å²) in [6.45, 7) is 0. The third-order valence-corrected chi connectivity index (χ3v) is 1.68. The molecule has 0 aliphatic carbocycles. The molecule has 0 fully saturated rings. The SMILES string of the molecule is O=C(O)c1cnc2nc(C(=O)O)oc2c1. The van der Waals surface area contributed by atoms with E-state index in [1.807, 2.05) is 0 Å². The van der Waals surface area contributed by atoms with Crippen LogP contribution in [0.15, 0.2) is 16.7 Å². The highest BCUT2D eigenvalue weighted by atomic mass is 16.4. The van der Waals surface area contributed by atoms with Crippen molar-refractivity contribution in [1.29, 1.82) is 0 Å². The van der Waals surface area contributed by atoms with Crippen molar-refractivity contribution < 1.29 is 24.2 Å². The lowest BCUT2D eigenvalue weighted by Crippen LogP contribution is -1.96. The van der Waals surface area contributed by atoms with Crippen LogP contribution in [-0.4, -0.2) is 32.1 Å². The van der Waals surface area contributed by atoms with E-state index >= 15 is 0 Å². The molecule has 0 radical (unpaired) electrons. The molecule has 7 nitrogen and oxygen atoms in total. The molecule has 0 aliphatic rings. The van der Waals surface area contributed by atoms with Gasteiger partial charge in [-0.15, -0.1) is 0 Å². The van der Waals surface area contributed by atoms with Gasteiger partial charge in [-0.25, -0.2) is 14.6 Å². The van der Waals surface area contributed by atoms with Crippen LogP contribution in [-0.2, 0) is 0 Å². The molecule has 0 spiro atoms. The number of pyridine rings is 1. The number of carboxylic acid groups (broad SMARTS) is 2. The fourth-order valence-corrected chi connectivity index (χ4v) is 1.03. The van der Waals surface area contributed by atoms with Gasteiger partial charge < -0.3 is 14.6 Å². The number of aromatic carboxylic acids is 2. The Bertz CT molecular complexity index is 547. The maximum atomic E-state index is 10.6. The minimum absolute atomic E-state index is 0.0345. The molecule has 15 heavy (non-hydrogen) atoms. The monoisotopic (exact) mass is 208 g/mol. The van der Waals surface area contributed by atoms with Crippen LogP contribution in [0.1, 0.15) is 21.0 Å². The molecule has 0 aliphatic heterocycles. The lowest BCUT2D eigenvalue weighted by atomic mass is 10.3. The number of carboxylic acids is 2. The first-order chi connectivity index (χ1) is 7.08. The zero-order valence-electron chi connectivity index (χ0n) is 7.17. The molecule has 0 atom stereocenters. The Morgan fingerprint density at radius 3 is 2.60 bits per heavy atom. The summed E-state index contributed by atoms with van der Waals surface area (Å²) in [5, 5.41) is 17.2. The molecule has 0 unspecified atom stereocenters. The first-order valence-electron chi connectivity index (χ1n) is 3.81. The van der Waals surface area contributed by atoms with Gasteiger partial charge in [0.15, 0.2) is 11.2 Å². The topological polar surface area (TPSA) is 114 Å². The van der Waals surface area contributed by atoms with E-state index in [1.165, 1.54) is 6.07 Å². The van der Waals surface area contributed by atoms with E-state index in [4.69, 9.17) is 14.6 Å². The van der Waals surface area contributed by atoms with Crippen molar-refractivity contribution in [3.8, 4) is 0 Å². The summed E-state index contributed by atoms with van der Waals surface area (Å²) in [7, 11) is 0. The van der Waals surface area contributed by atoms with Crippen molar-refractivity contribution in [2.45, 2.75) is 0 Å². The van der Waals surface area contributed by atoms with Crippen LogP contribution < -0.4 is 0 Å². The quantitative estimate of drug-likeness (QED) is 0.743. The van der Waals surface area contributed by atoms with Crippen LogP contribution in [0.5, 0.6) is 0 Å². The number of oxazole rings is 1. The van der Waals surface area contributed by atoms with Crippen LogP contribution in [0.3, 0.4) is 0 Å². The molecule has 7 heteroatoms. The van der Waals surface area contributed by atoms with Gasteiger partial charge in [0.05, 0.1) is 5.56 Å². The molecular formula is C8H4N2O5. The van der Waals surface area contributed by atoms with E-state index in [-0.39, 0.29) is 16.8 Å². The molecule has 76 valence electrons. The Morgan fingerprint density at radius 2 is 2.00 bits per heavy atom. The zero-order valence-corrected chi connectivity index (χ0v) is 7.17. The van der Waals surface area contributed by atoms with Gasteiger partial charge >= 0.3 is 17.8 Å². The van der Waals surface area contributed by atoms with Crippen molar-refractivity contribution in [2.24, 2.45) is 0 Å². The maximum absolute atomic E-state index is 10.6. The summed E-state index contributed by atoms with van der Waals surface area (Å²) >= 11 is 0. The Kier molecular flexibility index (Phi) is 1.86. The molecule has 2 rings (SSSR count). The molecule has 0 bridgehead atoms. The van der Waals surface area contributed by atoms with Crippen molar-refractivity contribution in [1.82, 2.24) is 9.97 Å². The third-order valence-electron chi connectivity index (χ3n) is 1.68. The minimum Gasteiger partial charge on any atom is -0.478 e. The number of nitrogens with zero attached hydrogens (tertiary/aromatic N) is 2. The molecule has 2 heterocycles. The summed E-state index contributed by atoms with van der Waals surface area (Å²) in [5.74, 6) is -3.01. The van der Waals surface area contributed by atoms with Gasteiger partial charge in [-0.1, -0.05) is 0 Å². The average molecular weight is 208 g/mol. The fourth-order valence-electron chi connectivity index (χ4n) is 1.03. The number of carbonyl (C=O) groups is 2. The van der Waals surface area contributed by atoms with E-state index in [0.29, 0.717) is 0 Å². The van der Waals surface area contributed by atoms with Crippen molar-refractivity contribution >= 4 is 23.2 Å². The van der Waals surface area contributed by atoms with Gasteiger partial charge in [-0.3, -0.25) is 0 Å². The number of hydrogen-bond acceptors (Lipinski definition) is 5. The molecule has 0 saturated carbocycles. The predicted octanol–water partition coefficient (Wildman–Crippen LogP) is 0.619. The van der Waals surface area contributed by atoms with Crippen LogP contribution in [0.2, 0.25) is 0 Å². The standard InChI is InChI=1S/C8H4N2O5/c11-7(12)3-1-4-5(9-2-3)10-6(15-4)8(13)14/h1-2H,(H,11,12)(H,13,14). The second kappa shape index (κ2) is 3.05. The van der Waals surface area contributed by atoms with Crippen LogP contribution in [0.25, 0.3) is 11.2 Å². The predicted molar refractivity (Wildman–Crippen MR) is 45.7 cm³/mol. The molecule has 2 N–H and O–H groups in total. The summed E-state index contributed by atoms with van der Waals surface area (Å²) in [6, 6.07) is 1.17. The Hall–Kier alpha value is -2.44. The van der Waals surface area contributed by atoms with E-state index in [2.05, 4.69) is 9.97 Å². The highest BCUT2D eigenvalue weighted by molar-refractivity contribution is 5.91. The summed E-state index contributed by atoms with van der Waals surface area (Å²) in [4.78, 5) is 28.3. The highest BCUT2D eigenvalue weighted by Gasteiger charge is 2.15. The number of rotatable bonds is 2. The van der Waals surface area contributed by atoms with Crippen LogP contribution in [0.4, 0.5) is 0 Å². The van der Waals surface area contributed by atoms with Gasteiger partial charge in [0, 0.05) is 12.3 Å². The second-order valence-corrected chi connectivity index (χ2v) is 2.68. The number of hydrogen-bond donors (Lipinski definition) is 2. The van der Waals surface area contributed by atoms with E-state index in [1.54, 1.807) is 0 Å². The Balaban J connectivity index is 2.62. The molecule has 2 aromatic rings. The first kappa shape index (κ1) is 9.13. The fraction of sp³-hybridized carbons (Fsp3) is 0. The molecule has 2 aromatic heterocycles. The summed E-state index contributed by atoms with van der Waals surface area (Å²) in [6.07, 6.45) is 1.08. The second-order valence-electron chi connectivity index (χ2n) is 2.68. The van der Waals surface area contributed by atoms with Gasteiger partial charge in [-0.2, -0.15) is 4.98 Å². The summed E-state index contributed by atoms with van der Waals surface area (Å²) < 4.78 is 4.78.